The zero-order valence-corrected chi connectivity index (χ0v) is 18.5. The second-order valence-electron chi connectivity index (χ2n) is 8.40. The van der Waals surface area contributed by atoms with E-state index < -0.39 is 0 Å². The Bertz CT molecular complexity index is 1080. The molecule has 0 radical (unpaired) electrons. The van der Waals surface area contributed by atoms with Gasteiger partial charge in [0, 0.05) is 42.9 Å². The molecule has 5 rings (SSSR count). The SMILES string of the molecule is COC1Cc2cc(-c3ccc(C#N)cc3)sc2C2(CCN(Cc3ccccc3)CC2)O1. The molecule has 3 heterocycles. The van der Waals surface area contributed by atoms with E-state index in [2.05, 4.69) is 47.4 Å². The topological polar surface area (TPSA) is 45.5 Å². The van der Waals surface area contributed by atoms with Crippen molar-refractivity contribution < 1.29 is 9.47 Å². The maximum Gasteiger partial charge on any atom is 0.162 e. The number of likely N-dealkylation sites (tertiary alicyclic amines) is 1. The van der Waals surface area contributed by atoms with Crippen LogP contribution in [0.1, 0.15) is 34.4 Å². The van der Waals surface area contributed by atoms with Crippen LogP contribution >= 0.6 is 11.3 Å². The van der Waals surface area contributed by atoms with E-state index in [4.69, 9.17) is 14.7 Å². The highest BCUT2D eigenvalue weighted by atomic mass is 32.1. The Morgan fingerprint density at radius 2 is 1.87 bits per heavy atom. The predicted octanol–water partition coefficient (Wildman–Crippen LogP) is 5.32. The van der Waals surface area contributed by atoms with E-state index in [1.165, 1.54) is 20.9 Å². The lowest BCUT2D eigenvalue weighted by molar-refractivity contribution is -0.225. The zero-order chi connectivity index (χ0) is 21.3. The minimum Gasteiger partial charge on any atom is -0.355 e. The van der Waals surface area contributed by atoms with Gasteiger partial charge in [0.2, 0.25) is 0 Å². The van der Waals surface area contributed by atoms with Crippen molar-refractivity contribution in [1.29, 1.82) is 5.26 Å². The molecule has 0 aliphatic carbocycles. The molecule has 1 saturated heterocycles. The number of benzene rings is 2. The van der Waals surface area contributed by atoms with Crippen molar-refractivity contribution in [3.63, 3.8) is 0 Å². The van der Waals surface area contributed by atoms with E-state index in [9.17, 15) is 0 Å². The molecule has 4 nitrogen and oxygen atoms in total. The van der Waals surface area contributed by atoms with Gasteiger partial charge < -0.3 is 9.47 Å². The van der Waals surface area contributed by atoms with Gasteiger partial charge in [-0.05, 0) is 47.7 Å². The number of fused-ring (bicyclic) bond motifs is 2. The van der Waals surface area contributed by atoms with Crippen LogP contribution in [-0.4, -0.2) is 31.4 Å². The maximum atomic E-state index is 9.09. The second kappa shape index (κ2) is 8.57. The number of piperidine rings is 1. The molecule has 2 aliphatic heterocycles. The first-order chi connectivity index (χ1) is 15.2. The van der Waals surface area contributed by atoms with Crippen LogP contribution in [0, 0.1) is 11.3 Å². The molecular formula is C26H26N2O2S. The van der Waals surface area contributed by atoms with Gasteiger partial charge >= 0.3 is 0 Å². The first kappa shape index (κ1) is 20.4. The van der Waals surface area contributed by atoms with Crippen LogP contribution < -0.4 is 0 Å². The van der Waals surface area contributed by atoms with E-state index in [1.54, 1.807) is 7.11 Å². The second-order valence-corrected chi connectivity index (χ2v) is 9.45. The van der Waals surface area contributed by atoms with Crippen LogP contribution in [0.5, 0.6) is 0 Å². The number of rotatable bonds is 4. The molecule has 0 saturated carbocycles. The van der Waals surface area contributed by atoms with Gasteiger partial charge in [-0.3, -0.25) is 4.90 Å². The van der Waals surface area contributed by atoms with Crippen molar-refractivity contribution in [2.75, 3.05) is 20.2 Å². The summed E-state index contributed by atoms with van der Waals surface area (Å²) < 4.78 is 12.3. The van der Waals surface area contributed by atoms with Gasteiger partial charge in [0.15, 0.2) is 6.29 Å². The Kier molecular flexibility index (Phi) is 5.64. The minimum absolute atomic E-state index is 0.198. The minimum atomic E-state index is -0.267. The number of thiophene rings is 1. The van der Waals surface area contributed by atoms with Crippen molar-refractivity contribution in [3.8, 4) is 16.5 Å². The van der Waals surface area contributed by atoms with Gasteiger partial charge in [-0.25, -0.2) is 0 Å². The zero-order valence-electron chi connectivity index (χ0n) is 17.7. The molecule has 0 bridgehead atoms. The van der Waals surface area contributed by atoms with Gasteiger partial charge in [0.1, 0.15) is 5.60 Å². The average molecular weight is 431 g/mol. The smallest absolute Gasteiger partial charge is 0.162 e. The van der Waals surface area contributed by atoms with Gasteiger partial charge in [0.05, 0.1) is 11.6 Å². The molecule has 2 aromatic carbocycles. The highest BCUT2D eigenvalue weighted by molar-refractivity contribution is 7.15. The van der Waals surface area contributed by atoms with Crippen molar-refractivity contribution in [3.05, 3.63) is 82.2 Å². The Balaban J connectivity index is 1.40. The molecule has 1 atom stereocenters. The molecular weight excluding hydrogens is 404 g/mol. The fourth-order valence-corrected chi connectivity index (χ4v) is 6.12. The number of nitrogens with zero attached hydrogens (tertiary/aromatic N) is 2. The summed E-state index contributed by atoms with van der Waals surface area (Å²) in [5.74, 6) is 0. The monoisotopic (exact) mass is 430 g/mol. The maximum absolute atomic E-state index is 9.09. The van der Waals surface area contributed by atoms with Crippen LogP contribution in [0.4, 0.5) is 0 Å². The quantitative estimate of drug-likeness (QED) is 0.562. The highest BCUT2D eigenvalue weighted by Gasteiger charge is 2.45. The summed E-state index contributed by atoms with van der Waals surface area (Å²) >= 11 is 1.84. The Labute approximate surface area is 187 Å². The summed E-state index contributed by atoms with van der Waals surface area (Å²) in [6, 6.07) is 23.0. The van der Waals surface area contributed by atoms with E-state index in [-0.39, 0.29) is 11.9 Å². The van der Waals surface area contributed by atoms with Gasteiger partial charge in [-0.2, -0.15) is 5.26 Å². The molecule has 2 aliphatic rings. The molecule has 5 heteroatoms. The number of methoxy groups -OCH3 is 1. The number of nitriles is 1. The van der Waals surface area contributed by atoms with E-state index >= 15 is 0 Å². The summed E-state index contributed by atoms with van der Waals surface area (Å²) in [7, 11) is 1.74. The average Bonchev–Trinajstić information content (AvgIpc) is 3.26. The standard InChI is InChI=1S/C26H26N2O2S/c1-29-24-16-22-15-23(21-9-7-19(17-27)8-10-21)31-25(22)26(30-24)11-13-28(14-12-26)18-20-5-3-2-4-6-20/h2-10,15,24H,11-14,16,18H2,1H3. The fraction of sp³-hybridized carbons (Fsp3) is 0.346. The summed E-state index contributed by atoms with van der Waals surface area (Å²) in [5.41, 5.74) is 4.28. The van der Waals surface area contributed by atoms with Crippen LogP contribution in [-0.2, 0) is 28.0 Å². The summed E-state index contributed by atoms with van der Waals surface area (Å²) in [5, 5.41) is 9.09. The Morgan fingerprint density at radius 1 is 1.13 bits per heavy atom. The summed E-state index contributed by atoms with van der Waals surface area (Å²) in [6.07, 6.45) is 2.53. The van der Waals surface area contributed by atoms with E-state index in [0.29, 0.717) is 5.56 Å². The van der Waals surface area contributed by atoms with Crippen LogP contribution in [0.25, 0.3) is 10.4 Å². The number of hydrogen-bond donors (Lipinski definition) is 0. The van der Waals surface area contributed by atoms with Gasteiger partial charge in [-0.15, -0.1) is 11.3 Å². The van der Waals surface area contributed by atoms with Crippen molar-refractivity contribution in [2.45, 2.75) is 37.7 Å². The van der Waals surface area contributed by atoms with Crippen molar-refractivity contribution in [2.24, 2.45) is 0 Å². The third kappa shape index (κ3) is 4.05. The predicted molar refractivity (Wildman–Crippen MR) is 123 cm³/mol. The number of ether oxygens (including phenoxy) is 2. The number of hydrogen-bond acceptors (Lipinski definition) is 5. The van der Waals surface area contributed by atoms with Crippen LogP contribution in [0.15, 0.2) is 60.7 Å². The Hall–Kier alpha value is -2.49. The summed E-state index contributed by atoms with van der Waals surface area (Å²) in [4.78, 5) is 5.12. The molecule has 1 spiro atoms. The van der Waals surface area contributed by atoms with Crippen molar-refractivity contribution >= 4 is 11.3 Å². The lowest BCUT2D eigenvalue weighted by Gasteiger charge is -2.45. The summed E-state index contributed by atoms with van der Waals surface area (Å²) in [6.45, 7) is 3.00. The third-order valence-electron chi connectivity index (χ3n) is 6.44. The molecule has 0 N–H and O–H groups in total. The molecule has 3 aromatic rings. The third-order valence-corrected chi connectivity index (χ3v) is 7.85. The largest absolute Gasteiger partial charge is 0.355 e. The Morgan fingerprint density at radius 3 is 2.55 bits per heavy atom. The van der Waals surface area contributed by atoms with E-state index in [1.807, 2.05) is 35.6 Å². The first-order valence-electron chi connectivity index (χ1n) is 10.8. The molecule has 31 heavy (non-hydrogen) atoms. The van der Waals surface area contributed by atoms with Gasteiger partial charge in [-0.1, -0.05) is 42.5 Å². The van der Waals surface area contributed by atoms with Crippen LogP contribution in [0.3, 0.4) is 0 Å². The van der Waals surface area contributed by atoms with Crippen LogP contribution in [0.2, 0.25) is 0 Å². The molecule has 0 amide bonds. The first-order valence-corrected chi connectivity index (χ1v) is 11.6. The lowest BCUT2D eigenvalue weighted by Crippen LogP contribution is -2.48. The molecule has 1 unspecified atom stereocenters. The molecule has 1 fully saturated rings. The molecule has 1 aromatic heterocycles. The van der Waals surface area contributed by atoms with Crippen molar-refractivity contribution in [1.82, 2.24) is 4.90 Å². The molecule has 158 valence electrons. The lowest BCUT2D eigenvalue weighted by atomic mass is 9.84. The van der Waals surface area contributed by atoms with E-state index in [0.717, 1.165) is 44.5 Å². The highest BCUT2D eigenvalue weighted by Crippen LogP contribution is 2.49. The normalized spacial score (nSPS) is 20.3. The van der Waals surface area contributed by atoms with Gasteiger partial charge in [0.25, 0.3) is 0 Å². The fourth-order valence-electron chi connectivity index (χ4n) is 4.73.